The Bertz CT molecular complexity index is 2530. The van der Waals surface area contributed by atoms with E-state index in [0.29, 0.717) is 6.67 Å². The maximum Gasteiger partial charge on any atom is 0.137 e. The van der Waals surface area contributed by atoms with Gasteiger partial charge in [-0.05, 0) is 88.8 Å². The number of hydrogen-bond acceptors (Lipinski definition) is 4. The van der Waals surface area contributed by atoms with Crippen LogP contribution in [0.1, 0.15) is 26.3 Å². The number of para-hydroxylation sites is 4. The SMILES string of the molecule is CC(C)(C)c1ccnc(-n2c3ccccc3c3ccc(Oc4cc(-c5ccccc5)cc(N5CN(c6ccccc6)c6ccccc65)c4)cc32)c1. The van der Waals surface area contributed by atoms with E-state index >= 15 is 0 Å². The molecule has 0 bridgehead atoms. The summed E-state index contributed by atoms with van der Waals surface area (Å²) < 4.78 is 9.10. The number of hydrogen-bond donors (Lipinski definition) is 0. The topological polar surface area (TPSA) is 33.5 Å². The molecule has 0 saturated heterocycles. The maximum atomic E-state index is 6.84. The van der Waals surface area contributed by atoms with Gasteiger partial charge in [-0.1, -0.05) is 99.6 Å². The third kappa shape index (κ3) is 5.57. The van der Waals surface area contributed by atoms with Gasteiger partial charge in [-0.3, -0.25) is 4.57 Å². The molecule has 0 aliphatic carbocycles. The largest absolute Gasteiger partial charge is 0.457 e. The summed E-state index contributed by atoms with van der Waals surface area (Å²) in [5.41, 5.74) is 10.2. The number of benzene rings is 6. The molecule has 0 N–H and O–H groups in total. The summed E-state index contributed by atoms with van der Waals surface area (Å²) in [7, 11) is 0. The molecule has 6 aromatic carbocycles. The summed E-state index contributed by atoms with van der Waals surface area (Å²) >= 11 is 0. The molecule has 0 fully saturated rings. The van der Waals surface area contributed by atoms with Crippen molar-refractivity contribution in [3.05, 3.63) is 169 Å². The van der Waals surface area contributed by atoms with Gasteiger partial charge >= 0.3 is 0 Å². The standard InChI is InChI=1S/C46H38N4O/c1-46(2,3)34-24-25-47-45(28-34)50-41-19-11-10-18-39(41)40-23-22-37(30-44(40)50)51-38-27-33(32-14-6-4-7-15-32)26-36(29-38)49-31-48(35-16-8-5-9-17-35)42-20-12-13-21-43(42)49/h4-30H,31H2,1-3H3. The summed E-state index contributed by atoms with van der Waals surface area (Å²) in [6.45, 7) is 7.40. The van der Waals surface area contributed by atoms with Gasteiger partial charge in [-0.2, -0.15) is 0 Å². The van der Waals surface area contributed by atoms with Gasteiger partial charge in [0.05, 0.1) is 22.4 Å². The molecule has 248 valence electrons. The van der Waals surface area contributed by atoms with E-state index in [-0.39, 0.29) is 5.41 Å². The highest BCUT2D eigenvalue weighted by atomic mass is 16.5. The van der Waals surface area contributed by atoms with Crippen LogP contribution in [0.2, 0.25) is 0 Å². The van der Waals surface area contributed by atoms with Crippen molar-refractivity contribution in [2.24, 2.45) is 0 Å². The summed E-state index contributed by atoms with van der Waals surface area (Å²) in [4.78, 5) is 9.60. The molecule has 2 aromatic heterocycles. The molecule has 0 atom stereocenters. The van der Waals surface area contributed by atoms with Crippen LogP contribution in [-0.2, 0) is 5.41 Å². The van der Waals surface area contributed by atoms with Crippen molar-refractivity contribution >= 4 is 44.6 Å². The Hall–Kier alpha value is -6.33. The summed E-state index contributed by atoms with van der Waals surface area (Å²) in [5, 5.41) is 2.35. The average Bonchev–Trinajstić information content (AvgIpc) is 3.71. The molecule has 3 heterocycles. The van der Waals surface area contributed by atoms with Crippen molar-refractivity contribution in [2.75, 3.05) is 16.5 Å². The number of aromatic nitrogens is 2. The van der Waals surface area contributed by atoms with Gasteiger partial charge in [-0.25, -0.2) is 4.98 Å². The Morgan fingerprint density at radius 3 is 1.96 bits per heavy atom. The Balaban J connectivity index is 1.16. The Morgan fingerprint density at radius 1 is 0.529 bits per heavy atom. The van der Waals surface area contributed by atoms with Crippen LogP contribution in [0.4, 0.5) is 22.7 Å². The lowest BCUT2D eigenvalue weighted by molar-refractivity contribution is 0.483. The van der Waals surface area contributed by atoms with E-state index in [4.69, 9.17) is 9.72 Å². The summed E-state index contributed by atoms with van der Waals surface area (Å²) in [6, 6.07) is 55.6. The van der Waals surface area contributed by atoms with Gasteiger partial charge in [0.25, 0.3) is 0 Å². The van der Waals surface area contributed by atoms with Crippen LogP contribution in [0, 0.1) is 0 Å². The Labute approximate surface area is 298 Å². The van der Waals surface area contributed by atoms with Gasteiger partial charge in [0.2, 0.25) is 0 Å². The zero-order valence-corrected chi connectivity index (χ0v) is 29.0. The van der Waals surface area contributed by atoms with Crippen LogP contribution >= 0.6 is 0 Å². The minimum Gasteiger partial charge on any atom is -0.457 e. The van der Waals surface area contributed by atoms with Crippen molar-refractivity contribution < 1.29 is 4.74 Å². The molecule has 1 aliphatic heterocycles. The van der Waals surface area contributed by atoms with Gasteiger partial charge in [0.1, 0.15) is 24.0 Å². The molecule has 0 amide bonds. The highest BCUT2D eigenvalue weighted by Crippen LogP contribution is 2.46. The molecule has 5 heteroatoms. The lowest BCUT2D eigenvalue weighted by Gasteiger charge is -2.23. The van der Waals surface area contributed by atoms with E-state index in [1.807, 2.05) is 6.20 Å². The van der Waals surface area contributed by atoms with Crippen molar-refractivity contribution in [1.82, 2.24) is 9.55 Å². The monoisotopic (exact) mass is 662 g/mol. The predicted octanol–water partition coefficient (Wildman–Crippen LogP) is 12.2. The van der Waals surface area contributed by atoms with E-state index in [1.165, 1.54) is 16.6 Å². The molecule has 8 aromatic rings. The zero-order chi connectivity index (χ0) is 34.5. The fourth-order valence-corrected chi connectivity index (χ4v) is 7.26. The second-order valence-electron chi connectivity index (χ2n) is 14.2. The third-order valence-corrected chi connectivity index (χ3v) is 9.85. The first-order valence-electron chi connectivity index (χ1n) is 17.5. The molecule has 0 radical (unpaired) electrons. The maximum absolute atomic E-state index is 6.84. The predicted molar refractivity (Wildman–Crippen MR) is 211 cm³/mol. The minimum absolute atomic E-state index is 0.000179. The van der Waals surface area contributed by atoms with Crippen LogP contribution in [0.15, 0.2) is 164 Å². The van der Waals surface area contributed by atoms with Crippen LogP contribution in [0.25, 0.3) is 38.8 Å². The molecule has 0 spiro atoms. The summed E-state index contributed by atoms with van der Waals surface area (Å²) in [6.07, 6.45) is 1.92. The van der Waals surface area contributed by atoms with E-state index in [0.717, 1.165) is 61.9 Å². The average molecular weight is 663 g/mol. The van der Waals surface area contributed by atoms with Gasteiger partial charge in [0.15, 0.2) is 0 Å². The molecular formula is C46H38N4O. The second-order valence-corrected chi connectivity index (χ2v) is 14.2. The van der Waals surface area contributed by atoms with E-state index < -0.39 is 0 Å². The lowest BCUT2D eigenvalue weighted by atomic mass is 9.88. The fraction of sp³-hybridized carbons (Fsp3) is 0.109. The van der Waals surface area contributed by atoms with Crippen molar-refractivity contribution in [3.63, 3.8) is 0 Å². The van der Waals surface area contributed by atoms with Gasteiger partial charge in [-0.15, -0.1) is 0 Å². The second kappa shape index (κ2) is 12.2. The van der Waals surface area contributed by atoms with E-state index in [1.54, 1.807) is 0 Å². The van der Waals surface area contributed by atoms with E-state index in [9.17, 15) is 0 Å². The minimum atomic E-state index is 0.000179. The Morgan fingerprint density at radius 2 is 1.20 bits per heavy atom. The number of anilines is 4. The first-order chi connectivity index (χ1) is 24.9. The quantitative estimate of drug-likeness (QED) is 0.177. The zero-order valence-electron chi connectivity index (χ0n) is 29.0. The third-order valence-electron chi connectivity index (χ3n) is 9.85. The van der Waals surface area contributed by atoms with Gasteiger partial charge in [0, 0.05) is 40.5 Å². The summed E-state index contributed by atoms with van der Waals surface area (Å²) in [5.74, 6) is 2.44. The first kappa shape index (κ1) is 30.7. The Kier molecular flexibility index (Phi) is 7.36. The molecule has 5 nitrogen and oxygen atoms in total. The van der Waals surface area contributed by atoms with Crippen molar-refractivity contribution in [1.29, 1.82) is 0 Å². The number of nitrogens with zero attached hydrogens (tertiary/aromatic N) is 4. The van der Waals surface area contributed by atoms with E-state index in [2.05, 4.69) is 193 Å². The molecular weight excluding hydrogens is 625 g/mol. The fourth-order valence-electron chi connectivity index (χ4n) is 7.26. The molecule has 51 heavy (non-hydrogen) atoms. The lowest BCUT2D eigenvalue weighted by Crippen LogP contribution is -2.23. The van der Waals surface area contributed by atoms with Crippen LogP contribution in [-0.4, -0.2) is 16.2 Å². The highest BCUT2D eigenvalue weighted by Gasteiger charge is 2.28. The van der Waals surface area contributed by atoms with Crippen LogP contribution < -0.4 is 14.5 Å². The smallest absolute Gasteiger partial charge is 0.137 e. The normalized spacial score (nSPS) is 12.8. The molecule has 0 saturated carbocycles. The van der Waals surface area contributed by atoms with Crippen LogP contribution in [0.3, 0.4) is 0 Å². The molecule has 9 rings (SSSR count). The molecule has 0 unspecified atom stereocenters. The van der Waals surface area contributed by atoms with Gasteiger partial charge < -0.3 is 14.5 Å². The number of ether oxygens (including phenoxy) is 1. The number of rotatable bonds is 6. The first-order valence-corrected chi connectivity index (χ1v) is 17.5. The highest BCUT2D eigenvalue weighted by molar-refractivity contribution is 6.09. The van der Waals surface area contributed by atoms with Crippen LogP contribution in [0.5, 0.6) is 11.5 Å². The number of pyridine rings is 1. The van der Waals surface area contributed by atoms with Crippen molar-refractivity contribution in [2.45, 2.75) is 26.2 Å². The molecule has 1 aliphatic rings. The van der Waals surface area contributed by atoms with Crippen molar-refractivity contribution in [3.8, 4) is 28.4 Å². The number of fused-ring (bicyclic) bond motifs is 4.